The van der Waals surface area contributed by atoms with Gasteiger partial charge in [-0.1, -0.05) is 67.9 Å². The predicted molar refractivity (Wildman–Crippen MR) is 114 cm³/mol. The van der Waals surface area contributed by atoms with Crippen molar-refractivity contribution < 1.29 is 9.18 Å². The number of carbonyl (C=O) groups excluding carboxylic acids is 1. The van der Waals surface area contributed by atoms with Crippen LogP contribution in [0.3, 0.4) is 0 Å². The maximum absolute atomic E-state index is 13.7. The molecule has 2 nitrogen and oxygen atoms in total. The highest BCUT2D eigenvalue weighted by Crippen LogP contribution is 2.25. The number of aryl methyl sites for hydroxylation is 1. The van der Waals surface area contributed by atoms with Gasteiger partial charge in [-0.15, -0.1) is 0 Å². The van der Waals surface area contributed by atoms with E-state index in [1.165, 1.54) is 23.3 Å². The van der Waals surface area contributed by atoms with Gasteiger partial charge in [0.15, 0.2) is 0 Å². The van der Waals surface area contributed by atoms with Crippen LogP contribution in [0.5, 0.6) is 0 Å². The molecule has 0 heterocycles. The topological polar surface area (TPSA) is 20.3 Å². The van der Waals surface area contributed by atoms with Gasteiger partial charge in [0, 0.05) is 12.1 Å². The first kappa shape index (κ1) is 19.8. The van der Waals surface area contributed by atoms with Crippen molar-refractivity contribution in [3.05, 3.63) is 89.7 Å². The summed E-state index contributed by atoms with van der Waals surface area (Å²) in [6.07, 6.45) is 2.25. The number of anilines is 1. The van der Waals surface area contributed by atoms with E-state index in [1.807, 2.05) is 24.3 Å². The minimum atomic E-state index is -0.333. The first-order valence-electron chi connectivity index (χ1n) is 9.79. The van der Waals surface area contributed by atoms with Crippen molar-refractivity contribution in [1.82, 2.24) is 0 Å². The number of benzene rings is 3. The van der Waals surface area contributed by atoms with E-state index in [1.54, 1.807) is 17.0 Å². The average Bonchev–Trinajstić information content (AvgIpc) is 2.71. The van der Waals surface area contributed by atoms with Crippen LogP contribution in [-0.2, 0) is 11.3 Å². The zero-order valence-corrected chi connectivity index (χ0v) is 16.5. The van der Waals surface area contributed by atoms with E-state index in [4.69, 9.17) is 0 Å². The highest BCUT2D eigenvalue weighted by atomic mass is 19.1. The summed E-state index contributed by atoms with van der Waals surface area (Å²) in [7, 11) is 0. The zero-order valence-electron chi connectivity index (χ0n) is 16.5. The van der Waals surface area contributed by atoms with E-state index in [9.17, 15) is 9.18 Å². The van der Waals surface area contributed by atoms with Crippen molar-refractivity contribution in [1.29, 1.82) is 0 Å². The summed E-state index contributed by atoms with van der Waals surface area (Å²) in [5.41, 5.74) is 5.20. The molecular weight excluding hydrogens is 349 g/mol. The van der Waals surface area contributed by atoms with Crippen LogP contribution in [0, 0.1) is 12.7 Å². The Kier molecular flexibility index (Phi) is 6.59. The Morgan fingerprint density at radius 1 is 0.964 bits per heavy atom. The number of carbonyl (C=O) groups is 1. The third-order valence-corrected chi connectivity index (χ3v) is 4.92. The van der Waals surface area contributed by atoms with Gasteiger partial charge in [0.2, 0.25) is 5.91 Å². The molecule has 0 saturated heterocycles. The Balaban J connectivity index is 1.84. The second-order valence-corrected chi connectivity index (χ2v) is 7.08. The second-order valence-electron chi connectivity index (χ2n) is 7.08. The van der Waals surface area contributed by atoms with Crippen molar-refractivity contribution in [2.75, 3.05) is 4.90 Å². The fourth-order valence-corrected chi connectivity index (χ4v) is 3.30. The third kappa shape index (κ3) is 4.86. The predicted octanol–water partition coefficient (Wildman–Crippen LogP) is 6.52. The Morgan fingerprint density at radius 3 is 2.39 bits per heavy atom. The molecule has 0 atom stereocenters. The van der Waals surface area contributed by atoms with Crippen LogP contribution in [0.25, 0.3) is 11.1 Å². The molecule has 0 saturated carbocycles. The van der Waals surface area contributed by atoms with Gasteiger partial charge >= 0.3 is 0 Å². The fourth-order valence-electron chi connectivity index (χ4n) is 3.30. The molecule has 3 aromatic carbocycles. The highest BCUT2D eigenvalue weighted by Gasteiger charge is 2.16. The van der Waals surface area contributed by atoms with E-state index < -0.39 is 0 Å². The Morgan fingerprint density at radius 2 is 1.71 bits per heavy atom. The van der Waals surface area contributed by atoms with Gasteiger partial charge in [0.1, 0.15) is 5.82 Å². The van der Waals surface area contributed by atoms with Crippen LogP contribution in [0.4, 0.5) is 10.1 Å². The monoisotopic (exact) mass is 375 g/mol. The van der Waals surface area contributed by atoms with Crippen molar-refractivity contribution in [3.63, 3.8) is 0 Å². The maximum Gasteiger partial charge on any atom is 0.227 e. The molecule has 144 valence electrons. The second kappa shape index (κ2) is 9.32. The lowest BCUT2D eigenvalue weighted by molar-refractivity contribution is -0.118. The molecule has 0 N–H and O–H groups in total. The van der Waals surface area contributed by atoms with E-state index in [2.05, 4.69) is 38.1 Å². The lowest BCUT2D eigenvalue weighted by Crippen LogP contribution is -2.30. The Bertz CT molecular complexity index is 933. The lowest BCUT2D eigenvalue weighted by atomic mass is 9.99. The van der Waals surface area contributed by atoms with Crippen LogP contribution < -0.4 is 4.90 Å². The molecule has 0 aliphatic heterocycles. The molecule has 3 rings (SSSR count). The first-order chi connectivity index (χ1) is 13.6. The molecule has 3 heteroatoms. The van der Waals surface area contributed by atoms with E-state index in [0.717, 1.165) is 24.0 Å². The summed E-state index contributed by atoms with van der Waals surface area (Å²) in [5.74, 6) is -0.309. The zero-order chi connectivity index (χ0) is 19.9. The molecular formula is C25H26FNO. The number of nitrogens with zero attached hydrogens (tertiary/aromatic N) is 1. The molecule has 0 aromatic heterocycles. The summed E-state index contributed by atoms with van der Waals surface area (Å²) < 4.78 is 13.7. The minimum Gasteiger partial charge on any atom is -0.308 e. The Labute approximate surface area is 166 Å². The maximum atomic E-state index is 13.7. The quantitative estimate of drug-likeness (QED) is 0.460. The van der Waals surface area contributed by atoms with Crippen LogP contribution in [0.2, 0.25) is 0 Å². The van der Waals surface area contributed by atoms with E-state index >= 15 is 0 Å². The minimum absolute atomic E-state index is 0.0235. The summed E-state index contributed by atoms with van der Waals surface area (Å²) >= 11 is 0. The average molecular weight is 375 g/mol. The number of halogens is 1. The molecule has 1 amide bonds. The molecule has 0 spiro atoms. The van der Waals surface area contributed by atoms with Crippen molar-refractivity contribution >= 4 is 11.6 Å². The fraction of sp³-hybridized carbons (Fsp3) is 0.240. The third-order valence-electron chi connectivity index (χ3n) is 4.92. The lowest BCUT2D eigenvalue weighted by Gasteiger charge is -2.23. The van der Waals surface area contributed by atoms with Crippen LogP contribution in [0.1, 0.15) is 37.3 Å². The van der Waals surface area contributed by atoms with E-state index in [0.29, 0.717) is 18.7 Å². The molecule has 0 radical (unpaired) electrons. The van der Waals surface area contributed by atoms with Gasteiger partial charge in [-0.2, -0.15) is 0 Å². The molecule has 28 heavy (non-hydrogen) atoms. The van der Waals surface area contributed by atoms with E-state index in [-0.39, 0.29) is 11.7 Å². The SMILES string of the molecule is CCCCC(=O)N(Cc1ccc(-c2ccccc2C)cc1)c1cccc(F)c1. The number of unbranched alkanes of at least 4 members (excludes halogenated alkanes) is 1. The Hall–Kier alpha value is -2.94. The van der Waals surface area contributed by atoms with Crippen LogP contribution in [-0.4, -0.2) is 5.91 Å². The molecule has 0 aliphatic rings. The van der Waals surface area contributed by atoms with Gasteiger partial charge in [0.05, 0.1) is 6.54 Å². The number of hydrogen-bond acceptors (Lipinski definition) is 1. The van der Waals surface area contributed by atoms with Gasteiger partial charge in [-0.05, 0) is 53.8 Å². The first-order valence-corrected chi connectivity index (χ1v) is 9.79. The standard InChI is InChI=1S/C25H26FNO/c1-3-4-12-25(28)27(23-10-7-9-22(26)17-23)18-20-13-15-21(16-14-20)24-11-6-5-8-19(24)2/h5-11,13-17H,3-4,12,18H2,1-2H3. The number of rotatable bonds is 7. The normalized spacial score (nSPS) is 10.7. The molecule has 0 aliphatic carbocycles. The molecule has 3 aromatic rings. The van der Waals surface area contributed by atoms with Crippen molar-refractivity contribution in [3.8, 4) is 11.1 Å². The van der Waals surface area contributed by atoms with Crippen LogP contribution in [0.15, 0.2) is 72.8 Å². The van der Waals surface area contributed by atoms with Gasteiger partial charge in [-0.3, -0.25) is 4.79 Å². The highest BCUT2D eigenvalue weighted by molar-refractivity contribution is 5.93. The summed E-state index contributed by atoms with van der Waals surface area (Å²) in [6, 6.07) is 22.8. The van der Waals surface area contributed by atoms with Gasteiger partial charge < -0.3 is 4.90 Å². The van der Waals surface area contributed by atoms with Crippen molar-refractivity contribution in [2.24, 2.45) is 0 Å². The number of amides is 1. The summed E-state index contributed by atoms with van der Waals surface area (Å²) in [4.78, 5) is 14.4. The summed E-state index contributed by atoms with van der Waals surface area (Å²) in [6.45, 7) is 4.59. The molecule has 0 bridgehead atoms. The van der Waals surface area contributed by atoms with Crippen LogP contribution >= 0.6 is 0 Å². The number of hydrogen-bond donors (Lipinski definition) is 0. The van der Waals surface area contributed by atoms with Gasteiger partial charge in [-0.25, -0.2) is 4.39 Å². The van der Waals surface area contributed by atoms with Crippen molar-refractivity contribution in [2.45, 2.75) is 39.7 Å². The smallest absolute Gasteiger partial charge is 0.227 e. The molecule has 0 unspecified atom stereocenters. The largest absolute Gasteiger partial charge is 0.308 e. The van der Waals surface area contributed by atoms with Gasteiger partial charge in [0.25, 0.3) is 0 Å². The summed E-state index contributed by atoms with van der Waals surface area (Å²) in [5, 5.41) is 0. The molecule has 0 fully saturated rings.